The average Bonchev–Trinajstić information content (AvgIpc) is 1.55. The summed E-state index contributed by atoms with van der Waals surface area (Å²) in [6, 6.07) is 18.4. The third-order valence-corrected chi connectivity index (χ3v) is 19.1. The van der Waals surface area contributed by atoms with Crippen molar-refractivity contribution in [3.8, 4) is 33.5 Å². The van der Waals surface area contributed by atoms with Crippen molar-refractivity contribution in [3.63, 3.8) is 0 Å². The van der Waals surface area contributed by atoms with Gasteiger partial charge in [-0.15, -0.1) is 11.3 Å². The Hall–Kier alpha value is -6.91. The number of aliphatic hydroxyl groups is 1. The van der Waals surface area contributed by atoms with Gasteiger partial charge < -0.3 is 44.8 Å². The van der Waals surface area contributed by atoms with Crippen molar-refractivity contribution in [3.05, 3.63) is 101 Å². The van der Waals surface area contributed by atoms with E-state index in [0.29, 0.717) is 119 Å². The van der Waals surface area contributed by atoms with Gasteiger partial charge >= 0.3 is 6.01 Å². The minimum Gasteiger partial charge on any atom is -0.508 e. The van der Waals surface area contributed by atoms with Crippen molar-refractivity contribution in [1.29, 1.82) is 0 Å². The van der Waals surface area contributed by atoms with Gasteiger partial charge in [0.2, 0.25) is 11.8 Å². The molecule has 5 saturated heterocycles. The number of thiazole rings is 1. The summed E-state index contributed by atoms with van der Waals surface area (Å²) in [5.74, 6) is -0.581. The number of β-amino-alcohol motifs (C(OH)–C–C–N with tert-alkyl or cyclic N) is 1. The molecule has 7 atom stereocenters. The molecule has 4 N–H and O–H groups in total. The van der Waals surface area contributed by atoms with Crippen LogP contribution in [0, 0.1) is 18.7 Å². The fourth-order valence-corrected chi connectivity index (χ4v) is 14.5. The zero-order valence-corrected chi connectivity index (χ0v) is 49.5. The number of amides is 2. The Kier molecular flexibility index (Phi) is 16.3. The largest absolute Gasteiger partial charge is 0.508 e. The summed E-state index contributed by atoms with van der Waals surface area (Å²) < 4.78 is 46.2. The van der Waals surface area contributed by atoms with E-state index in [1.165, 1.54) is 4.90 Å². The van der Waals surface area contributed by atoms with Crippen molar-refractivity contribution in [2.24, 2.45) is 5.92 Å². The number of carbonyl (C=O) groups excluding carboxylic acids is 2. The molecular formula is C63H76F2N12O6S. The molecule has 5 aliphatic heterocycles. The van der Waals surface area contributed by atoms with Crippen molar-refractivity contribution in [2.75, 3.05) is 81.9 Å². The number of hydrogen-bond donors (Lipinski definition) is 4. The second kappa shape index (κ2) is 23.9. The number of aliphatic hydroxyl groups excluding tert-OH is 1. The summed E-state index contributed by atoms with van der Waals surface area (Å²) in [4.78, 5) is 58.4. The molecule has 5 aliphatic rings. The number of piperidine rings is 1. The standard InChI is InChI=1S/C63H76F2N12O6S/c1-7-40-9-8-10-43-25-46(78)26-48(54(40)43)56-55(64)57-49(29-66-56)59(75-31-44-15-16-45(32-75)69-44)71-62(70-57)82-24-23-73-19-17-63(65,18-20-73)34-74-21-22-76(37(4)30-74)52-28-51(83-72-52)53(36(2)3)61(81)77-33-47(79)27-50(77)60(80)68-38(5)41-11-13-42(14-12-41)58-39(6)67-35-84-58/h8-14,25-26,28-29,35-38,44-45,47,50,53,69,78-79H,7,15-24,27,30-34H2,1-6H3,(H,68,80)/t37-,38+,44?,45?,47-,50+,53-/m1/s1. The molecule has 2 unspecified atom stereocenters. The second-order valence-corrected chi connectivity index (χ2v) is 25.2. The van der Waals surface area contributed by atoms with Crippen molar-refractivity contribution >= 4 is 56.5 Å². The minimum absolute atomic E-state index is 0.0201. The van der Waals surface area contributed by atoms with Crippen molar-refractivity contribution < 1.29 is 37.8 Å². The van der Waals surface area contributed by atoms with Gasteiger partial charge in [0.15, 0.2) is 17.4 Å². The predicted octanol–water partition coefficient (Wildman–Crippen LogP) is 8.59. The van der Waals surface area contributed by atoms with Crippen LogP contribution >= 0.6 is 11.3 Å². The highest BCUT2D eigenvalue weighted by molar-refractivity contribution is 7.13. The number of rotatable bonds is 17. The molecule has 5 fully saturated rings. The summed E-state index contributed by atoms with van der Waals surface area (Å²) in [5.41, 5.74) is 5.11. The molecule has 21 heteroatoms. The number of ether oxygens (including phenoxy) is 1. The second-order valence-electron chi connectivity index (χ2n) is 24.4. The van der Waals surface area contributed by atoms with E-state index < -0.39 is 29.5 Å². The number of nitrogens with zero attached hydrogens (tertiary/aromatic N) is 10. The summed E-state index contributed by atoms with van der Waals surface area (Å²) >= 11 is 1.58. The van der Waals surface area contributed by atoms with E-state index >= 15 is 8.78 Å². The Morgan fingerprint density at radius 2 is 1.74 bits per heavy atom. The van der Waals surface area contributed by atoms with E-state index in [4.69, 9.17) is 24.2 Å². The molecule has 0 aliphatic carbocycles. The molecule has 18 nitrogen and oxygen atoms in total. The number of phenols is 1. The van der Waals surface area contributed by atoms with Gasteiger partial charge in [0.05, 0.1) is 33.6 Å². The number of likely N-dealkylation sites (tertiary alicyclic amines) is 2. The number of aromatic hydroxyl groups is 1. The van der Waals surface area contributed by atoms with Gasteiger partial charge in [-0.2, -0.15) is 9.97 Å². The van der Waals surface area contributed by atoms with Gasteiger partial charge in [0, 0.05) is 108 Å². The molecule has 9 heterocycles. The highest BCUT2D eigenvalue weighted by Crippen LogP contribution is 2.40. The topological polar surface area (TPSA) is 202 Å². The number of halogens is 2. The first kappa shape index (κ1) is 57.5. The van der Waals surface area contributed by atoms with Crippen molar-refractivity contribution in [1.82, 2.24) is 50.4 Å². The van der Waals surface area contributed by atoms with E-state index in [1.54, 1.807) is 29.7 Å². The van der Waals surface area contributed by atoms with E-state index in [1.807, 2.05) is 88.7 Å². The van der Waals surface area contributed by atoms with Gasteiger partial charge in [0.25, 0.3) is 0 Å². The van der Waals surface area contributed by atoms with E-state index in [0.717, 1.165) is 50.9 Å². The molecular weight excluding hydrogens is 1090 g/mol. The van der Waals surface area contributed by atoms with Gasteiger partial charge in [-0.25, -0.2) is 13.8 Å². The van der Waals surface area contributed by atoms with E-state index in [2.05, 4.69) is 47.3 Å². The Balaban J connectivity index is 0.652. The fraction of sp³-hybridized carbons (Fsp3) is 0.508. The molecule has 12 rings (SSSR count). The van der Waals surface area contributed by atoms with Crippen LogP contribution in [0.25, 0.3) is 43.4 Å². The number of fused-ring (bicyclic) bond motifs is 4. The number of phenolic OH excluding ortho intramolecular Hbond substituents is 1. The molecule has 3 aromatic carbocycles. The number of anilines is 2. The maximum absolute atomic E-state index is 17.2. The van der Waals surface area contributed by atoms with Crippen LogP contribution in [0.4, 0.5) is 20.4 Å². The maximum atomic E-state index is 17.2. The van der Waals surface area contributed by atoms with Crippen LogP contribution in [-0.2, 0) is 16.0 Å². The number of aryl methyl sites for hydroxylation is 2. The third-order valence-electron chi connectivity index (χ3n) is 18.1. The van der Waals surface area contributed by atoms with Crippen LogP contribution < -0.4 is 25.2 Å². The quantitative estimate of drug-likeness (QED) is 0.0675. The molecule has 7 aromatic rings. The lowest BCUT2D eigenvalue weighted by molar-refractivity contribution is -0.141. The van der Waals surface area contributed by atoms with E-state index in [9.17, 15) is 19.8 Å². The van der Waals surface area contributed by atoms with Gasteiger partial charge in [0.1, 0.15) is 47.0 Å². The Morgan fingerprint density at radius 3 is 2.45 bits per heavy atom. The summed E-state index contributed by atoms with van der Waals surface area (Å²) in [6.45, 7) is 17.3. The molecule has 444 valence electrons. The molecule has 2 amide bonds. The fourth-order valence-electron chi connectivity index (χ4n) is 13.7. The number of aromatic nitrogens is 5. The Bertz CT molecular complexity index is 3530. The number of alkyl halides is 1. The summed E-state index contributed by atoms with van der Waals surface area (Å²) in [6.07, 6.45) is 4.49. The van der Waals surface area contributed by atoms with Gasteiger partial charge in [-0.1, -0.05) is 68.4 Å². The van der Waals surface area contributed by atoms with Crippen LogP contribution in [0.5, 0.6) is 11.8 Å². The average molecular weight is 1170 g/mol. The normalized spacial score (nSPS) is 22.8. The van der Waals surface area contributed by atoms with Gasteiger partial charge in [-0.3, -0.25) is 24.4 Å². The molecule has 4 aromatic heterocycles. The predicted molar refractivity (Wildman–Crippen MR) is 321 cm³/mol. The lowest BCUT2D eigenvalue weighted by atomic mass is 9.91. The van der Waals surface area contributed by atoms with Crippen LogP contribution in [0.15, 0.2) is 76.9 Å². The highest BCUT2D eigenvalue weighted by Gasteiger charge is 2.45. The number of pyridine rings is 1. The number of benzene rings is 3. The highest BCUT2D eigenvalue weighted by atomic mass is 32.1. The molecule has 84 heavy (non-hydrogen) atoms. The Labute approximate surface area is 492 Å². The van der Waals surface area contributed by atoms with Gasteiger partial charge in [-0.05, 0) is 98.4 Å². The first-order valence-electron chi connectivity index (χ1n) is 29.9. The lowest BCUT2D eigenvalue weighted by Crippen LogP contribution is -2.56. The van der Waals surface area contributed by atoms with Crippen LogP contribution in [0.1, 0.15) is 101 Å². The first-order valence-corrected chi connectivity index (χ1v) is 30.8. The molecule has 0 saturated carbocycles. The van der Waals surface area contributed by atoms with Crippen LogP contribution in [0.3, 0.4) is 0 Å². The number of nitrogens with one attached hydrogen (secondary N) is 2. The zero-order chi connectivity index (χ0) is 58.6. The zero-order valence-electron chi connectivity index (χ0n) is 48.7. The Morgan fingerprint density at radius 1 is 0.964 bits per heavy atom. The molecule has 0 radical (unpaired) electrons. The van der Waals surface area contributed by atoms with Crippen molar-refractivity contribution in [2.45, 2.75) is 128 Å². The lowest BCUT2D eigenvalue weighted by Gasteiger charge is -2.44. The monoisotopic (exact) mass is 1170 g/mol. The summed E-state index contributed by atoms with van der Waals surface area (Å²) in [5, 5.41) is 35.0. The van der Waals surface area contributed by atoms with Crippen LogP contribution in [-0.4, -0.2) is 170 Å². The van der Waals surface area contributed by atoms with E-state index in [-0.39, 0.29) is 72.4 Å². The van der Waals surface area contributed by atoms with Crippen LogP contribution in [0.2, 0.25) is 0 Å². The maximum Gasteiger partial charge on any atom is 0.319 e. The smallest absolute Gasteiger partial charge is 0.319 e. The minimum atomic E-state index is -1.38. The molecule has 0 spiro atoms. The third kappa shape index (κ3) is 11.7. The number of hydrogen-bond acceptors (Lipinski definition) is 17. The summed E-state index contributed by atoms with van der Waals surface area (Å²) in [7, 11) is 0. The number of piperazine rings is 2. The molecule has 2 bridgehead atoms. The SMILES string of the molecule is CCc1cccc2cc(O)cc(-c3ncc4c(N5CC6CCC(C5)N6)nc(OCCN5CCC(F)(CN6CCN(c7cc([C@H](C(=O)N8C[C@H](O)C[C@H]8C(=O)N[C@@H](C)c8ccc(-c9scnc9C)cc8)C(C)C)on7)[C@H](C)C6)CC5)nc4c3F)c12. The first-order chi connectivity index (χ1) is 40.5. The number of carbonyl (C=O) groups is 2.